The molecule has 1 heterocycles. The summed E-state index contributed by atoms with van der Waals surface area (Å²) in [6, 6.07) is -0.574. The summed E-state index contributed by atoms with van der Waals surface area (Å²) >= 11 is 0. The lowest BCUT2D eigenvalue weighted by molar-refractivity contribution is 0.249. The molecule has 6 N–H and O–H groups in total. The number of primary amides is 1. The van der Waals surface area contributed by atoms with Crippen LogP contribution in [0.5, 0.6) is 5.88 Å². The number of nitrogens with zero attached hydrogens (tertiary/aromatic N) is 2. The van der Waals surface area contributed by atoms with E-state index in [0.717, 1.165) is 0 Å². The first kappa shape index (κ1) is 11.8. The van der Waals surface area contributed by atoms with E-state index in [-0.39, 0.29) is 0 Å². The summed E-state index contributed by atoms with van der Waals surface area (Å²) in [4.78, 5) is 18.1. The Labute approximate surface area is 92.4 Å². The maximum Gasteiger partial charge on any atom is 0.312 e. The van der Waals surface area contributed by atoms with Crippen molar-refractivity contribution in [3.05, 3.63) is 6.33 Å². The van der Waals surface area contributed by atoms with Crippen molar-refractivity contribution in [2.75, 3.05) is 31.2 Å². The van der Waals surface area contributed by atoms with E-state index in [0.29, 0.717) is 30.5 Å². The van der Waals surface area contributed by atoms with Gasteiger partial charge >= 0.3 is 6.03 Å². The van der Waals surface area contributed by atoms with Gasteiger partial charge in [0.1, 0.15) is 12.0 Å². The number of nitrogen functional groups attached to an aromatic ring is 1. The molecule has 1 aromatic rings. The molecule has 8 heteroatoms. The molecule has 0 aliphatic heterocycles. The molecule has 0 aliphatic rings. The van der Waals surface area contributed by atoms with E-state index in [1.165, 1.54) is 13.4 Å². The summed E-state index contributed by atoms with van der Waals surface area (Å²) in [6.45, 7) is 0.828. The number of carbonyl (C=O) groups excluding carboxylic acids is 1. The largest absolute Gasteiger partial charge is 0.479 e. The number of hydrogen-bond acceptors (Lipinski definition) is 6. The smallest absolute Gasteiger partial charge is 0.312 e. The van der Waals surface area contributed by atoms with E-state index >= 15 is 0 Å². The predicted molar refractivity (Wildman–Crippen MR) is 59.1 cm³/mol. The molecule has 88 valence electrons. The number of carbonyl (C=O) groups is 1. The van der Waals surface area contributed by atoms with Gasteiger partial charge in [-0.25, -0.2) is 9.78 Å². The van der Waals surface area contributed by atoms with E-state index in [1.807, 2.05) is 0 Å². The second kappa shape index (κ2) is 5.59. The van der Waals surface area contributed by atoms with Crippen molar-refractivity contribution in [1.82, 2.24) is 15.3 Å². The van der Waals surface area contributed by atoms with E-state index in [1.54, 1.807) is 0 Å². The third kappa shape index (κ3) is 3.15. The van der Waals surface area contributed by atoms with Gasteiger partial charge in [0.05, 0.1) is 7.11 Å². The molecule has 0 atom stereocenters. The average molecular weight is 226 g/mol. The van der Waals surface area contributed by atoms with Crippen LogP contribution in [-0.2, 0) is 0 Å². The fourth-order valence-electron chi connectivity index (χ4n) is 1.05. The lowest BCUT2D eigenvalue weighted by Crippen LogP contribution is -2.33. The van der Waals surface area contributed by atoms with Crippen molar-refractivity contribution in [2.45, 2.75) is 0 Å². The Morgan fingerprint density at radius 3 is 2.88 bits per heavy atom. The molecule has 0 saturated heterocycles. The molecule has 2 amide bonds. The van der Waals surface area contributed by atoms with Crippen LogP contribution < -0.4 is 26.8 Å². The Morgan fingerprint density at radius 2 is 2.25 bits per heavy atom. The molecule has 0 fully saturated rings. The van der Waals surface area contributed by atoms with Crippen molar-refractivity contribution in [1.29, 1.82) is 0 Å². The summed E-state index contributed by atoms with van der Waals surface area (Å²) in [5, 5.41) is 5.34. The van der Waals surface area contributed by atoms with Crippen molar-refractivity contribution in [2.24, 2.45) is 5.73 Å². The molecule has 0 saturated carbocycles. The van der Waals surface area contributed by atoms with E-state index < -0.39 is 6.03 Å². The van der Waals surface area contributed by atoms with Crippen LogP contribution in [0.1, 0.15) is 0 Å². The minimum atomic E-state index is -0.574. The molecule has 8 nitrogen and oxygen atoms in total. The monoisotopic (exact) mass is 226 g/mol. The minimum absolute atomic E-state index is 0.306. The Hall–Kier alpha value is -2.25. The first-order valence-corrected chi connectivity index (χ1v) is 4.56. The predicted octanol–water partition coefficient (Wildman–Crippen LogP) is -0.852. The molecule has 0 unspecified atom stereocenters. The Kier molecular flexibility index (Phi) is 4.13. The number of ether oxygens (including phenoxy) is 1. The van der Waals surface area contributed by atoms with Crippen LogP contribution in [0.2, 0.25) is 0 Å². The van der Waals surface area contributed by atoms with E-state index in [9.17, 15) is 4.79 Å². The number of methoxy groups -OCH3 is 1. The van der Waals surface area contributed by atoms with Crippen molar-refractivity contribution < 1.29 is 9.53 Å². The molecule has 1 aromatic heterocycles. The fraction of sp³-hybridized carbons (Fsp3) is 0.375. The minimum Gasteiger partial charge on any atom is -0.479 e. The zero-order valence-electron chi connectivity index (χ0n) is 8.86. The van der Waals surface area contributed by atoms with Gasteiger partial charge in [0.15, 0.2) is 5.82 Å². The standard InChI is InChI=1S/C8H14N6O2/c1-16-7-5(9)6(13-4-14-7)11-2-3-12-8(10)15/h4H,2-3,9H2,1H3,(H3,10,12,15)(H,11,13,14). The molecule has 0 aliphatic carbocycles. The highest BCUT2D eigenvalue weighted by Crippen LogP contribution is 2.23. The van der Waals surface area contributed by atoms with Crippen LogP contribution in [-0.4, -0.2) is 36.2 Å². The molecule has 0 bridgehead atoms. The van der Waals surface area contributed by atoms with Crippen LogP contribution in [0, 0.1) is 0 Å². The molecular formula is C8H14N6O2. The molecule has 0 aromatic carbocycles. The highest BCUT2D eigenvalue weighted by molar-refractivity contribution is 5.71. The van der Waals surface area contributed by atoms with Gasteiger partial charge in [0, 0.05) is 13.1 Å². The second-order valence-electron chi connectivity index (χ2n) is 2.86. The number of nitrogens with one attached hydrogen (secondary N) is 2. The third-order valence-electron chi connectivity index (χ3n) is 1.76. The van der Waals surface area contributed by atoms with Gasteiger partial charge in [-0.2, -0.15) is 4.98 Å². The van der Waals surface area contributed by atoms with Crippen LogP contribution >= 0.6 is 0 Å². The Morgan fingerprint density at radius 1 is 1.50 bits per heavy atom. The quantitative estimate of drug-likeness (QED) is 0.484. The lowest BCUT2D eigenvalue weighted by Gasteiger charge is -2.09. The van der Waals surface area contributed by atoms with Crippen LogP contribution in [0.4, 0.5) is 16.3 Å². The number of nitrogens with two attached hydrogens (primary N) is 2. The lowest BCUT2D eigenvalue weighted by atomic mass is 10.4. The molecule has 0 radical (unpaired) electrons. The van der Waals surface area contributed by atoms with Gasteiger partial charge in [-0.15, -0.1) is 0 Å². The summed E-state index contributed by atoms with van der Waals surface area (Å²) in [5.41, 5.74) is 10.9. The number of rotatable bonds is 5. The highest BCUT2D eigenvalue weighted by atomic mass is 16.5. The van der Waals surface area contributed by atoms with Gasteiger partial charge in [-0.05, 0) is 0 Å². The number of urea groups is 1. The number of anilines is 2. The topological polar surface area (TPSA) is 128 Å². The fourth-order valence-corrected chi connectivity index (χ4v) is 1.05. The zero-order chi connectivity index (χ0) is 12.0. The van der Waals surface area contributed by atoms with E-state index in [2.05, 4.69) is 20.6 Å². The van der Waals surface area contributed by atoms with Gasteiger partial charge in [-0.1, -0.05) is 0 Å². The van der Waals surface area contributed by atoms with Crippen LogP contribution in [0.3, 0.4) is 0 Å². The van der Waals surface area contributed by atoms with Crippen LogP contribution in [0.25, 0.3) is 0 Å². The zero-order valence-corrected chi connectivity index (χ0v) is 8.86. The second-order valence-corrected chi connectivity index (χ2v) is 2.86. The number of aromatic nitrogens is 2. The molecule has 16 heavy (non-hydrogen) atoms. The molecule has 1 rings (SSSR count). The first-order chi connectivity index (χ1) is 7.65. The Balaban J connectivity index is 2.50. The summed E-state index contributed by atoms with van der Waals surface area (Å²) < 4.78 is 4.92. The van der Waals surface area contributed by atoms with Crippen molar-refractivity contribution >= 4 is 17.5 Å². The SMILES string of the molecule is COc1ncnc(NCCNC(N)=O)c1N. The van der Waals surface area contributed by atoms with E-state index in [4.69, 9.17) is 16.2 Å². The normalized spacial score (nSPS) is 9.56. The van der Waals surface area contributed by atoms with Crippen LogP contribution in [0.15, 0.2) is 6.33 Å². The number of amides is 2. The summed E-state index contributed by atoms with van der Waals surface area (Å²) in [5.74, 6) is 0.762. The van der Waals surface area contributed by atoms with Crippen molar-refractivity contribution in [3.8, 4) is 5.88 Å². The molecular weight excluding hydrogens is 212 g/mol. The Bertz CT molecular complexity index is 370. The maximum atomic E-state index is 10.4. The summed E-state index contributed by atoms with van der Waals surface area (Å²) in [6.07, 6.45) is 1.33. The third-order valence-corrected chi connectivity index (χ3v) is 1.76. The average Bonchev–Trinajstić information content (AvgIpc) is 2.26. The molecule has 0 spiro atoms. The maximum absolute atomic E-state index is 10.4. The van der Waals surface area contributed by atoms with Gasteiger partial charge in [-0.3, -0.25) is 0 Å². The van der Waals surface area contributed by atoms with Gasteiger partial charge in [0.2, 0.25) is 5.88 Å². The van der Waals surface area contributed by atoms with Gasteiger partial charge in [0.25, 0.3) is 0 Å². The van der Waals surface area contributed by atoms with Crippen molar-refractivity contribution in [3.63, 3.8) is 0 Å². The first-order valence-electron chi connectivity index (χ1n) is 4.56. The number of hydrogen-bond donors (Lipinski definition) is 4. The summed E-state index contributed by atoms with van der Waals surface area (Å²) in [7, 11) is 1.47. The van der Waals surface area contributed by atoms with Gasteiger partial charge < -0.3 is 26.8 Å². The highest BCUT2D eigenvalue weighted by Gasteiger charge is 2.06.